The molecule has 3 heterocycles. The van der Waals surface area contributed by atoms with Crippen molar-refractivity contribution in [2.24, 2.45) is 0 Å². The van der Waals surface area contributed by atoms with E-state index in [-0.39, 0.29) is 63.9 Å². The number of pyridine rings is 1. The number of hydrogen-bond acceptors (Lipinski definition) is 11. The van der Waals surface area contributed by atoms with Crippen LogP contribution in [0.15, 0.2) is 54.2 Å². The highest BCUT2D eigenvalue weighted by molar-refractivity contribution is 6.32. The minimum absolute atomic E-state index is 0.00250. The molecule has 2 unspecified atom stereocenters. The lowest BCUT2D eigenvalue weighted by molar-refractivity contribution is -0.758. The van der Waals surface area contributed by atoms with E-state index in [9.17, 15) is 28.5 Å². The average Bonchev–Trinajstić information content (AvgIpc) is 4.03. The topological polar surface area (TPSA) is 152 Å². The van der Waals surface area contributed by atoms with Crippen LogP contribution < -0.4 is 9.47 Å². The van der Waals surface area contributed by atoms with Crippen molar-refractivity contribution in [1.29, 1.82) is 0 Å². The number of fused-ring (bicyclic) bond motifs is 2. The van der Waals surface area contributed by atoms with Crippen LogP contribution in [0.4, 0.5) is 13.6 Å². The minimum Gasteiger partial charge on any atom is -0.489 e. The highest BCUT2D eigenvalue weighted by atomic mass is 35.5. The van der Waals surface area contributed by atoms with Crippen molar-refractivity contribution < 1.29 is 52.0 Å². The third kappa shape index (κ3) is 9.65. The molecule has 0 spiro atoms. The van der Waals surface area contributed by atoms with Crippen LogP contribution in [-0.4, -0.2) is 103 Å². The van der Waals surface area contributed by atoms with Crippen molar-refractivity contribution in [2.45, 2.75) is 63.7 Å². The standard InChI is InChI=1S/C39H43ClF2N4O10/c1-24-27(13-14-43-37(24)51-2)21-44(28-9-10-28)38(47)34-30(20-29-22-53-23-33(34)45(29)39(48)55-18-16-52-17-19-56-46(49)50)26-7-5-25(6-8-26)4-3-15-54-36-32(42)12-11-31(41)35(36)40/h5-8,11-14,28-29,33H,3-4,9-10,15-23H2,1-2H3. The third-order valence-electron chi connectivity index (χ3n) is 9.95. The molecule has 2 aromatic carbocycles. The van der Waals surface area contributed by atoms with Gasteiger partial charge in [0.25, 0.3) is 11.0 Å². The van der Waals surface area contributed by atoms with Crippen molar-refractivity contribution >= 4 is 29.2 Å². The molecule has 0 radical (unpaired) electrons. The van der Waals surface area contributed by atoms with Crippen LogP contribution in [0, 0.1) is 28.7 Å². The van der Waals surface area contributed by atoms with Gasteiger partial charge in [0.15, 0.2) is 11.6 Å². The fraction of sp³-hybridized carbons (Fsp3) is 0.462. The highest BCUT2D eigenvalue weighted by Gasteiger charge is 2.48. The van der Waals surface area contributed by atoms with Gasteiger partial charge in [0.1, 0.15) is 24.1 Å². The predicted molar refractivity (Wildman–Crippen MR) is 198 cm³/mol. The van der Waals surface area contributed by atoms with Crippen LogP contribution in [0.2, 0.25) is 5.02 Å². The van der Waals surface area contributed by atoms with Gasteiger partial charge >= 0.3 is 6.09 Å². The largest absolute Gasteiger partial charge is 0.489 e. The Morgan fingerprint density at radius 2 is 1.79 bits per heavy atom. The lowest BCUT2D eigenvalue weighted by Crippen LogP contribution is -2.60. The molecule has 0 N–H and O–H groups in total. The number of amides is 2. The van der Waals surface area contributed by atoms with Crippen LogP contribution >= 0.6 is 11.6 Å². The number of carbonyl (C=O) groups is 2. The van der Waals surface area contributed by atoms with Crippen LogP contribution in [0.25, 0.3) is 5.57 Å². The maximum absolute atomic E-state index is 15.0. The maximum atomic E-state index is 15.0. The summed E-state index contributed by atoms with van der Waals surface area (Å²) >= 11 is 5.89. The number of carbonyl (C=O) groups excluding carboxylic acids is 2. The van der Waals surface area contributed by atoms with E-state index in [1.165, 1.54) is 0 Å². The molecule has 2 fully saturated rings. The Kier molecular flexibility index (Phi) is 13.6. The zero-order valence-corrected chi connectivity index (χ0v) is 31.8. The molecule has 56 heavy (non-hydrogen) atoms. The second-order valence-electron chi connectivity index (χ2n) is 13.6. The Hall–Kier alpha value is -5.06. The summed E-state index contributed by atoms with van der Waals surface area (Å²) in [4.78, 5) is 51.0. The fourth-order valence-corrected chi connectivity index (χ4v) is 7.21. The average molecular weight is 801 g/mol. The van der Waals surface area contributed by atoms with Gasteiger partial charge in [0.05, 0.1) is 52.2 Å². The lowest BCUT2D eigenvalue weighted by atomic mass is 9.82. The normalized spacial score (nSPS) is 17.7. The molecule has 1 aliphatic carbocycles. The summed E-state index contributed by atoms with van der Waals surface area (Å²) < 4.78 is 55.8. The van der Waals surface area contributed by atoms with E-state index in [0.717, 1.165) is 52.8 Å². The number of halogens is 3. The number of benzene rings is 2. The molecule has 2 atom stereocenters. The van der Waals surface area contributed by atoms with Crippen molar-refractivity contribution in [3.05, 3.63) is 103 Å². The second kappa shape index (κ2) is 18.7. The van der Waals surface area contributed by atoms with E-state index in [1.807, 2.05) is 42.2 Å². The first-order chi connectivity index (χ1) is 27.1. The number of nitrogens with zero attached hydrogens (tertiary/aromatic N) is 4. The van der Waals surface area contributed by atoms with E-state index in [1.54, 1.807) is 18.2 Å². The first-order valence-electron chi connectivity index (χ1n) is 18.3. The molecule has 2 aliphatic heterocycles. The molecule has 1 saturated heterocycles. The molecule has 2 amide bonds. The zero-order chi connectivity index (χ0) is 39.8. The Morgan fingerprint density at radius 3 is 2.52 bits per heavy atom. The van der Waals surface area contributed by atoms with E-state index in [2.05, 4.69) is 9.82 Å². The van der Waals surface area contributed by atoms with Gasteiger partial charge in [-0.3, -0.25) is 9.69 Å². The SMILES string of the molecule is COc1nccc(CN(C(=O)C2=C(c3ccc(CCCOc4c(F)ccc(F)c4Cl)cc3)CC3COCC2N3C(=O)OCCOCCO[N+](=O)[O-])C2CC2)c1C. The van der Waals surface area contributed by atoms with Crippen LogP contribution in [-0.2, 0) is 36.8 Å². The minimum atomic E-state index is -0.912. The van der Waals surface area contributed by atoms with Gasteiger partial charge in [-0.1, -0.05) is 35.9 Å². The number of ether oxygens (including phenoxy) is 5. The molecule has 3 aliphatic rings. The number of morpholine rings is 1. The van der Waals surface area contributed by atoms with E-state index >= 15 is 0 Å². The maximum Gasteiger partial charge on any atom is 0.410 e. The van der Waals surface area contributed by atoms with Crippen LogP contribution in [0.3, 0.4) is 0 Å². The monoisotopic (exact) mass is 800 g/mol. The molecular weight excluding hydrogens is 758 g/mol. The van der Waals surface area contributed by atoms with Gasteiger partial charge in [0, 0.05) is 29.9 Å². The third-order valence-corrected chi connectivity index (χ3v) is 10.3. The molecule has 17 heteroatoms. The molecule has 14 nitrogen and oxygen atoms in total. The lowest BCUT2D eigenvalue weighted by Gasteiger charge is -2.47. The van der Waals surface area contributed by atoms with E-state index < -0.39 is 39.9 Å². The van der Waals surface area contributed by atoms with E-state index in [0.29, 0.717) is 37.3 Å². The number of aryl methyl sites for hydroxylation is 1. The molecule has 300 valence electrons. The number of aromatic nitrogens is 1. The van der Waals surface area contributed by atoms with E-state index in [4.69, 9.17) is 35.3 Å². The van der Waals surface area contributed by atoms with Gasteiger partial charge in [-0.2, -0.15) is 0 Å². The fourth-order valence-electron chi connectivity index (χ4n) is 7.00. The highest BCUT2D eigenvalue weighted by Crippen LogP contribution is 2.41. The number of rotatable bonds is 18. The molecule has 3 aromatic rings. The second-order valence-corrected chi connectivity index (χ2v) is 14.0. The summed E-state index contributed by atoms with van der Waals surface area (Å²) in [5.74, 6) is -1.55. The summed E-state index contributed by atoms with van der Waals surface area (Å²) in [6, 6.07) is 10.4. The van der Waals surface area contributed by atoms with Gasteiger partial charge < -0.3 is 33.4 Å². The summed E-state index contributed by atoms with van der Waals surface area (Å²) in [7, 11) is 1.55. The van der Waals surface area contributed by atoms with Crippen LogP contribution in [0.1, 0.15) is 47.9 Å². The Labute approximate surface area is 327 Å². The van der Waals surface area contributed by atoms with Crippen LogP contribution in [0.5, 0.6) is 11.6 Å². The number of hydrogen-bond donors (Lipinski definition) is 0. The zero-order valence-electron chi connectivity index (χ0n) is 31.0. The van der Waals surface area contributed by atoms with Crippen molar-refractivity contribution in [1.82, 2.24) is 14.8 Å². The first kappa shape index (κ1) is 40.6. The van der Waals surface area contributed by atoms with Gasteiger partial charge in [-0.25, -0.2) is 18.6 Å². The Morgan fingerprint density at radius 1 is 1.04 bits per heavy atom. The summed E-state index contributed by atoms with van der Waals surface area (Å²) in [5, 5.41) is 9.05. The first-order valence-corrected chi connectivity index (χ1v) is 18.7. The van der Waals surface area contributed by atoms with Gasteiger partial charge in [-0.05, 0) is 79.5 Å². The number of methoxy groups -OCH3 is 1. The quantitative estimate of drug-likeness (QED) is 0.0633. The molecule has 2 bridgehead atoms. The van der Waals surface area contributed by atoms with Gasteiger partial charge in [-0.15, -0.1) is 10.1 Å². The predicted octanol–water partition coefficient (Wildman–Crippen LogP) is 6.12. The van der Waals surface area contributed by atoms with Gasteiger partial charge in [0.2, 0.25) is 5.88 Å². The Balaban J connectivity index is 1.23. The smallest absolute Gasteiger partial charge is 0.410 e. The van der Waals surface area contributed by atoms with Crippen molar-refractivity contribution in [3.63, 3.8) is 0 Å². The molecule has 1 saturated carbocycles. The molecule has 1 aromatic heterocycles. The van der Waals surface area contributed by atoms with Crippen molar-refractivity contribution in [3.8, 4) is 11.6 Å². The van der Waals surface area contributed by atoms with Crippen molar-refractivity contribution in [2.75, 3.05) is 53.4 Å². The summed E-state index contributed by atoms with van der Waals surface area (Å²) in [6.45, 7) is 2.24. The summed E-state index contributed by atoms with van der Waals surface area (Å²) in [5.41, 5.74) is 4.78. The summed E-state index contributed by atoms with van der Waals surface area (Å²) in [6.07, 6.45) is 4.13. The molecule has 6 rings (SSSR count). The Bertz CT molecular complexity index is 1930. The molecular formula is C39H43ClF2N4O10.